The van der Waals surface area contributed by atoms with Crippen molar-refractivity contribution in [2.45, 2.75) is 33.0 Å². The highest BCUT2D eigenvalue weighted by molar-refractivity contribution is 5.93. The van der Waals surface area contributed by atoms with Gasteiger partial charge in [-0.05, 0) is 55.8 Å². The molecule has 7 heteroatoms. The van der Waals surface area contributed by atoms with Crippen LogP contribution in [0.3, 0.4) is 0 Å². The van der Waals surface area contributed by atoms with Crippen molar-refractivity contribution in [1.82, 2.24) is 19.0 Å². The van der Waals surface area contributed by atoms with Gasteiger partial charge in [-0.15, -0.1) is 0 Å². The Morgan fingerprint density at radius 1 is 1.00 bits per heavy atom. The van der Waals surface area contributed by atoms with Crippen LogP contribution in [0.5, 0.6) is 11.5 Å². The summed E-state index contributed by atoms with van der Waals surface area (Å²) < 4.78 is 9.21. The molecule has 166 valence electrons. The standard InChI is InChI=1S/C26H24N4O3/c1-18-14-28(17-27-18)23-11-12-24-26(32)29(19(2)15-30(24)25(23)31)16-20-7-6-10-22(13-20)33-21-8-4-3-5-9-21/h3-14,17,19H,15-16H2,1-2H3. The topological polar surface area (TPSA) is 69.4 Å². The van der Waals surface area contributed by atoms with Crippen LogP contribution in [0.1, 0.15) is 28.7 Å². The number of rotatable bonds is 5. The molecule has 7 nitrogen and oxygen atoms in total. The maximum absolute atomic E-state index is 13.3. The molecule has 0 fully saturated rings. The Kier molecular flexibility index (Phi) is 5.30. The van der Waals surface area contributed by atoms with E-state index in [9.17, 15) is 9.59 Å². The van der Waals surface area contributed by atoms with Crippen LogP contribution < -0.4 is 10.3 Å². The Labute approximate surface area is 191 Å². The van der Waals surface area contributed by atoms with Crippen LogP contribution in [0.4, 0.5) is 0 Å². The second-order valence-corrected chi connectivity index (χ2v) is 8.29. The van der Waals surface area contributed by atoms with E-state index in [0.717, 1.165) is 17.0 Å². The summed E-state index contributed by atoms with van der Waals surface area (Å²) in [6, 6.07) is 20.6. The van der Waals surface area contributed by atoms with Crippen molar-refractivity contribution in [2.24, 2.45) is 0 Å². The van der Waals surface area contributed by atoms with Gasteiger partial charge in [0, 0.05) is 25.3 Å². The summed E-state index contributed by atoms with van der Waals surface area (Å²) in [6.45, 7) is 4.70. The maximum Gasteiger partial charge on any atom is 0.275 e. The third-order valence-electron chi connectivity index (χ3n) is 5.83. The summed E-state index contributed by atoms with van der Waals surface area (Å²) in [4.78, 5) is 32.5. The van der Waals surface area contributed by atoms with Gasteiger partial charge in [-0.1, -0.05) is 30.3 Å². The Balaban J connectivity index is 1.40. The predicted octanol–water partition coefficient (Wildman–Crippen LogP) is 4.18. The highest BCUT2D eigenvalue weighted by Gasteiger charge is 2.31. The number of para-hydroxylation sites is 1. The summed E-state index contributed by atoms with van der Waals surface area (Å²) in [5.41, 5.74) is 2.48. The van der Waals surface area contributed by atoms with E-state index < -0.39 is 0 Å². The molecule has 1 aliphatic rings. The molecule has 0 saturated carbocycles. The van der Waals surface area contributed by atoms with Gasteiger partial charge in [-0.25, -0.2) is 4.98 Å². The summed E-state index contributed by atoms with van der Waals surface area (Å²) in [6.07, 6.45) is 3.42. The fourth-order valence-corrected chi connectivity index (χ4v) is 4.15. The predicted molar refractivity (Wildman–Crippen MR) is 125 cm³/mol. The number of aryl methyl sites for hydroxylation is 1. The first-order valence-electron chi connectivity index (χ1n) is 10.9. The molecule has 0 bridgehead atoms. The second-order valence-electron chi connectivity index (χ2n) is 8.29. The summed E-state index contributed by atoms with van der Waals surface area (Å²) in [5.74, 6) is 1.32. The van der Waals surface area contributed by atoms with Gasteiger partial charge in [0.2, 0.25) is 0 Å². The Morgan fingerprint density at radius 2 is 1.79 bits per heavy atom. The third kappa shape index (κ3) is 4.05. The van der Waals surface area contributed by atoms with Crippen LogP contribution >= 0.6 is 0 Å². The Hall–Kier alpha value is -4.13. The molecule has 0 spiro atoms. The fraction of sp³-hybridized carbons (Fsp3) is 0.192. The van der Waals surface area contributed by atoms with E-state index in [1.807, 2.05) is 68.4 Å². The van der Waals surface area contributed by atoms with Crippen LogP contribution in [0.25, 0.3) is 5.69 Å². The number of carbonyl (C=O) groups excluding carboxylic acids is 1. The molecule has 1 amide bonds. The number of nitrogens with zero attached hydrogens (tertiary/aromatic N) is 4. The normalized spacial score (nSPS) is 15.4. The lowest BCUT2D eigenvalue weighted by atomic mass is 10.1. The zero-order valence-electron chi connectivity index (χ0n) is 18.5. The van der Waals surface area contributed by atoms with Crippen LogP contribution in [0.2, 0.25) is 0 Å². The lowest BCUT2D eigenvalue weighted by Crippen LogP contribution is -2.49. The molecule has 0 saturated heterocycles. The molecule has 0 aliphatic carbocycles. The van der Waals surface area contributed by atoms with Gasteiger partial charge in [0.1, 0.15) is 22.9 Å². The average molecular weight is 441 g/mol. The lowest BCUT2D eigenvalue weighted by Gasteiger charge is -2.35. The minimum atomic E-state index is -0.192. The third-order valence-corrected chi connectivity index (χ3v) is 5.83. The highest BCUT2D eigenvalue weighted by atomic mass is 16.5. The van der Waals surface area contributed by atoms with Gasteiger partial charge in [0.25, 0.3) is 11.5 Å². The molecule has 4 aromatic rings. The van der Waals surface area contributed by atoms with Crippen molar-refractivity contribution in [3.05, 3.63) is 107 Å². The van der Waals surface area contributed by atoms with Crippen LogP contribution in [-0.4, -0.2) is 31.0 Å². The fourth-order valence-electron chi connectivity index (χ4n) is 4.15. The van der Waals surface area contributed by atoms with Gasteiger partial charge < -0.3 is 18.8 Å². The van der Waals surface area contributed by atoms with E-state index in [4.69, 9.17) is 4.74 Å². The molecule has 1 atom stereocenters. The summed E-state index contributed by atoms with van der Waals surface area (Å²) >= 11 is 0. The minimum absolute atomic E-state index is 0.138. The van der Waals surface area contributed by atoms with E-state index in [1.54, 1.807) is 38.7 Å². The van der Waals surface area contributed by atoms with E-state index in [0.29, 0.717) is 30.2 Å². The smallest absolute Gasteiger partial charge is 0.275 e. The number of imidazole rings is 1. The number of amides is 1. The van der Waals surface area contributed by atoms with Gasteiger partial charge >= 0.3 is 0 Å². The maximum atomic E-state index is 13.3. The SMILES string of the molecule is Cc1cn(-c2ccc3n(c2=O)CC(C)N(Cc2cccc(Oc4ccccc4)c2)C3=O)cn1. The van der Waals surface area contributed by atoms with Crippen molar-refractivity contribution in [1.29, 1.82) is 0 Å². The minimum Gasteiger partial charge on any atom is -0.457 e. The van der Waals surface area contributed by atoms with E-state index in [2.05, 4.69) is 4.98 Å². The van der Waals surface area contributed by atoms with Crippen molar-refractivity contribution >= 4 is 5.91 Å². The molecule has 0 radical (unpaired) electrons. The molecular weight excluding hydrogens is 416 g/mol. The lowest BCUT2D eigenvalue weighted by molar-refractivity contribution is 0.0589. The molecule has 0 N–H and O–H groups in total. The molecule has 1 aliphatic heterocycles. The first kappa shape index (κ1) is 20.8. The molecule has 1 unspecified atom stereocenters. The number of benzene rings is 2. The number of hydrogen-bond donors (Lipinski definition) is 0. The number of carbonyl (C=O) groups is 1. The first-order chi connectivity index (χ1) is 16.0. The zero-order chi connectivity index (χ0) is 22.9. The second kappa shape index (κ2) is 8.43. The molecular formula is C26H24N4O3. The van der Waals surface area contributed by atoms with Crippen LogP contribution in [-0.2, 0) is 13.1 Å². The largest absolute Gasteiger partial charge is 0.457 e. The van der Waals surface area contributed by atoms with E-state index >= 15 is 0 Å². The van der Waals surface area contributed by atoms with Crippen molar-refractivity contribution in [3.8, 4) is 17.2 Å². The van der Waals surface area contributed by atoms with Crippen molar-refractivity contribution < 1.29 is 9.53 Å². The number of pyridine rings is 1. The van der Waals surface area contributed by atoms with Gasteiger partial charge in [-0.3, -0.25) is 9.59 Å². The Bertz CT molecular complexity index is 1370. The van der Waals surface area contributed by atoms with Crippen LogP contribution in [0, 0.1) is 6.92 Å². The first-order valence-corrected chi connectivity index (χ1v) is 10.9. The van der Waals surface area contributed by atoms with Crippen molar-refractivity contribution in [3.63, 3.8) is 0 Å². The van der Waals surface area contributed by atoms with Gasteiger partial charge in [-0.2, -0.15) is 0 Å². The number of hydrogen-bond acceptors (Lipinski definition) is 4. The molecule has 2 aromatic carbocycles. The molecule has 33 heavy (non-hydrogen) atoms. The number of ether oxygens (including phenoxy) is 1. The molecule has 2 aromatic heterocycles. The number of fused-ring (bicyclic) bond motifs is 1. The van der Waals surface area contributed by atoms with Crippen LogP contribution in [0.15, 0.2) is 84.0 Å². The monoisotopic (exact) mass is 440 g/mol. The average Bonchev–Trinajstić information content (AvgIpc) is 3.24. The van der Waals surface area contributed by atoms with E-state index in [1.165, 1.54) is 0 Å². The summed E-state index contributed by atoms with van der Waals surface area (Å²) in [5, 5.41) is 0. The van der Waals surface area contributed by atoms with Gasteiger partial charge in [0.15, 0.2) is 0 Å². The quantitative estimate of drug-likeness (QED) is 0.467. The van der Waals surface area contributed by atoms with Crippen molar-refractivity contribution in [2.75, 3.05) is 0 Å². The Morgan fingerprint density at radius 3 is 2.55 bits per heavy atom. The molecule has 3 heterocycles. The molecule has 5 rings (SSSR count). The van der Waals surface area contributed by atoms with Gasteiger partial charge in [0.05, 0.1) is 12.0 Å². The number of aromatic nitrogens is 3. The van der Waals surface area contributed by atoms with E-state index in [-0.39, 0.29) is 17.5 Å². The summed E-state index contributed by atoms with van der Waals surface area (Å²) in [7, 11) is 0. The highest BCUT2D eigenvalue weighted by Crippen LogP contribution is 2.25. The zero-order valence-corrected chi connectivity index (χ0v) is 18.5.